The molecule has 1 fully saturated rings. The van der Waals surface area contributed by atoms with Crippen LogP contribution in [-0.4, -0.2) is 3.81 Å². The third kappa shape index (κ3) is 4.99. The molecule has 0 atom stereocenters. The van der Waals surface area contributed by atoms with Gasteiger partial charge in [-0.15, -0.1) is 0 Å². The molecule has 0 radical (unpaired) electrons. The normalized spacial score (nSPS) is 16.9. The van der Waals surface area contributed by atoms with Crippen molar-refractivity contribution < 1.29 is 42.2 Å². The number of halogens is 2. The first-order valence-corrected chi connectivity index (χ1v) is 15.0. The van der Waals surface area contributed by atoms with Gasteiger partial charge < -0.3 is 24.8 Å². The number of benzene rings is 2. The second-order valence-electron chi connectivity index (χ2n) is 12.1. The number of rotatable bonds is 2. The van der Waals surface area contributed by atoms with Crippen LogP contribution in [0.25, 0.3) is 11.1 Å². The molecule has 0 aromatic heterocycles. The number of hydrogen-bond acceptors (Lipinski definition) is 0. The van der Waals surface area contributed by atoms with Crippen LogP contribution in [0.5, 0.6) is 0 Å². The van der Waals surface area contributed by atoms with Crippen LogP contribution in [0.1, 0.15) is 100 Å². The first-order valence-electron chi connectivity index (χ1n) is 12.5. The Kier molecular flexibility index (Phi) is 8.31. The van der Waals surface area contributed by atoms with Gasteiger partial charge in [-0.2, -0.15) is 0 Å². The van der Waals surface area contributed by atoms with Crippen molar-refractivity contribution in [3.63, 3.8) is 0 Å². The fourth-order valence-corrected chi connectivity index (χ4v) is 11.8. The Labute approximate surface area is 225 Å². The Balaban J connectivity index is 0.00000162. The van der Waals surface area contributed by atoms with E-state index in [1.807, 2.05) is 3.81 Å². The number of allylic oxidation sites excluding steroid dienone is 4. The van der Waals surface area contributed by atoms with E-state index in [0.29, 0.717) is 4.22 Å². The summed E-state index contributed by atoms with van der Waals surface area (Å²) in [6.07, 6.45) is 14.0. The smallest absolute Gasteiger partial charge is 1.00 e. The van der Waals surface area contributed by atoms with Crippen molar-refractivity contribution in [1.82, 2.24) is 0 Å². The van der Waals surface area contributed by atoms with Gasteiger partial charge in [0.1, 0.15) is 0 Å². The summed E-state index contributed by atoms with van der Waals surface area (Å²) in [6, 6.07) is 14.9. The molecule has 3 aliphatic rings. The van der Waals surface area contributed by atoms with Crippen molar-refractivity contribution in [3.8, 4) is 11.1 Å². The first-order chi connectivity index (χ1) is 15.1. The molecular weight excluding hydrogens is 491 g/mol. The van der Waals surface area contributed by atoms with Gasteiger partial charge in [-0.05, 0) is 0 Å². The monoisotopic (exact) mass is 528 g/mol. The fraction of sp³-hybridized carbons (Fsp3) is 0.452. The van der Waals surface area contributed by atoms with E-state index in [1.54, 1.807) is 15.0 Å². The summed E-state index contributed by atoms with van der Waals surface area (Å²) in [5.41, 5.74) is 9.62. The van der Waals surface area contributed by atoms with Crippen LogP contribution in [0.3, 0.4) is 0 Å². The number of fused-ring (bicyclic) bond motifs is 3. The third-order valence-electron chi connectivity index (χ3n) is 7.74. The maximum absolute atomic E-state index is 2.60. The van der Waals surface area contributed by atoms with Crippen LogP contribution in [0, 0.1) is 0 Å². The molecule has 3 aliphatic carbocycles. The van der Waals surface area contributed by atoms with Crippen molar-refractivity contribution in [3.05, 3.63) is 80.8 Å². The second-order valence-corrected chi connectivity index (χ2v) is 16.4. The summed E-state index contributed by atoms with van der Waals surface area (Å²) in [5, 5.41) is 0. The molecule has 5 rings (SSSR count). The summed E-state index contributed by atoms with van der Waals surface area (Å²) in [5.74, 6) is 0. The first kappa shape index (κ1) is 27.7. The van der Waals surface area contributed by atoms with Crippen molar-refractivity contribution in [2.45, 2.75) is 88.7 Å². The van der Waals surface area contributed by atoms with Gasteiger partial charge in [-0.3, -0.25) is 0 Å². The Morgan fingerprint density at radius 2 is 1.24 bits per heavy atom. The molecule has 3 heteroatoms. The predicted molar refractivity (Wildman–Crippen MR) is 136 cm³/mol. The summed E-state index contributed by atoms with van der Waals surface area (Å²) in [7, 11) is 0. The molecular formula is C31H38Cl2Ti. The third-order valence-corrected chi connectivity index (χ3v) is 13.2. The molecule has 0 spiro atoms. The van der Waals surface area contributed by atoms with E-state index in [4.69, 9.17) is 0 Å². The fourth-order valence-electron chi connectivity index (χ4n) is 5.84. The Morgan fingerprint density at radius 3 is 1.65 bits per heavy atom. The van der Waals surface area contributed by atoms with Crippen molar-refractivity contribution >= 4 is 3.81 Å². The minimum absolute atomic E-state index is 0. The van der Waals surface area contributed by atoms with E-state index >= 15 is 0 Å². The predicted octanol–water partition coefficient (Wildman–Crippen LogP) is 2.57. The molecule has 2 aromatic rings. The van der Waals surface area contributed by atoms with Gasteiger partial charge in [0.15, 0.2) is 0 Å². The molecule has 0 bridgehead atoms. The van der Waals surface area contributed by atoms with Crippen LogP contribution in [0.2, 0.25) is 0 Å². The van der Waals surface area contributed by atoms with E-state index in [0.717, 1.165) is 0 Å². The second kappa shape index (κ2) is 10.2. The zero-order chi connectivity index (χ0) is 22.7. The SMILES string of the molecule is CC(C)(C)c1ccc2c(c1)[CH]([Ti+2]([C]1=CC=CC1)=[C]1CCCC1)c1cc(C(C)(C)C)ccc1-2.[Cl-].[Cl-]. The zero-order valence-electron chi connectivity index (χ0n) is 21.6. The van der Waals surface area contributed by atoms with Gasteiger partial charge in [0, 0.05) is 0 Å². The van der Waals surface area contributed by atoms with Crippen LogP contribution >= 0.6 is 0 Å². The molecule has 180 valence electrons. The van der Waals surface area contributed by atoms with E-state index < -0.39 is 17.4 Å². The van der Waals surface area contributed by atoms with E-state index in [9.17, 15) is 0 Å². The van der Waals surface area contributed by atoms with Crippen LogP contribution in [-0.2, 0) is 28.2 Å². The Bertz CT molecular complexity index is 1100. The van der Waals surface area contributed by atoms with Gasteiger partial charge in [-0.25, -0.2) is 0 Å². The van der Waals surface area contributed by atoms with E-state index in [1.165, 1.54) is 54.4 Å². The molecule has 0 saturated heterocycles. The van der Waals surface area contributed by atoms with Gasteiger partial charge in [-0.1, -0.05) is 0 Å². The minimum Gasteiger partial charge on any atom is -1.00 e. The summed E-state index contributed by atoms with van der Waals surface area (Å²) < 4.78 is 4.38. The molecule has 0 N–H and O–H groups in total. The van der Waals surface area contributed by atoms with E-state index in [2.05, 4.69) is 96.2 Å². The molecule has 0 aliphatic heterocycles. The average molecular weight is 529 g/mol. The molecule has 34 heavy (non-hydrogen) atoms. The van der Waals surface area contributed by atoms with Crippen molar-refractivity contribution in [1.29, 1.82) is 0 Å². The summed E-state index contributed by atoms with van der Waals surface area (Å²) >= 11 is -1.67. The molecule has 0 nitrogen and oxygen atoms in total. The molecule has 0 heterocycles. The van der Waals surface area contributed by atoms with Gasteiger partial charge in [0.2, 0.25) is 0 Å². The Hall–Kier alpha value is -0.916. The topological polar surface area (TPSA) is 0 Å². The summed E-state index contributed by atoms with van der Waals surface area (Å²) in [6.45, 7) is 14.1. The quantitative estimate of drug-likeness (QED) is 0.525. The molecule has 0 unspecified atom stereocenters. The van der Waals surface area contributed by atoms with Crippen LogP contribution in [0.15, 0.2) is 58.5 Å². The van der Waals surface area contributed by atoms with Gasteiger partial charge in [0.25, 0.3) is 0 Å². The van der Waals surface area contributed by atoms with Crippen molar-refractivity contribution in [2.75, 3.05) is 0 Å². The van der Waals surface area contributed by atoms with Gasteiger partial charge >= 0.3 is 202 Å². The maximum atomic E-state index is 2.60. The number of hydrogen-bond donors (Lipinski definition) is 0. The average Bonchev–Trinajstić information content (AvgIpc) is 3.48. The van der Waals surface area contributed by atoms with Gasteiger partial charge in [0.05, 0.1) is 0 Å². The standard InChI is InChI=1S/C21H25.C5H8.C5H5.2ClH.Ti/c1-20(2,3)16-7-9-18-14(12-16)11-15-13-17(21(4,5)6)8-10-19(15)18;2*1-2-4-5-3-1;;;/h7-13H,1-6H3;1-4H2;1-3H,4H2;2*1H;/q;;;;;+2/p-2. The van der Waals surface area contributed by atoms with Crippen LogP contribution in [0.4, 0.5) is 0 Å². The largest absolute Gasteiger partial charge is 1.00 e. The molecule has 2 aromatic carbocycles. The van der Waals surface area contributed by atoms with Crippen molar-refractivity contribution in [2.24, 2.45) is 0 Å². The van der Waals surface area contributed by atoms with E-state index in [-0.39, 0.29) is 35.6 Å². The van der Waals surface area contributed by atoms with Crippen LogP contribution < -0.4 is 24.8 Å². The molecule has 0 amide bonds. The molecule has 1 saturated carbocycles. The zero-order valence-corrected chi connectivity index (χ0v) is 24.6. The maximum Gasteiger partial charge on any atom is -1.00 e. The Morgan fingerprint density at radius 1 is 0.735 bits per heavy atom. The summed E-state index contributed by atoms with van der Waals surface area (Å²) in [4.78, 5) is 0. The minimum atomic E-state index is -1.67.